The molecule has 3 rings (SSSR count). The number of hydrogen-bond acceptors (Lipinski definition) is 2. The van der Waals surface area contributed by atoms with E-state index < -0.39 is 23.7 Å². The zero-order valence-corrected chi connectivity index (χ0v) is 15.1. The van der Waals surface area contributed by atoms with E-state index in [1.165, 1.54) is 6.07 Å². The minimum Gasteiger partial charge on any atom is -0.331 e. The van der Waals surface area contributed by atoms with Gasteiger partial charge in [-0.3, -0.25) is 4.79 Å². The summed E-state index contributed by atoms with van der Waals surface area (Å²) in [4.78, 5) is 24.2. The van der Waals surface area contributed by atoms with E-state index in [1.54, 1.807) is 25.1 Å². The predicted molar refractivity (Wildman–Crippen MR) is 99.5 cm³/mol. The van der Waals surface area contributed by atoms with Gasteiger partial charge in [-0.25, -0.2) is 13.6 Å². The molecule has 0 radical (unpaired) electrons. The Morgan fingerprint density at radius 2 is 1.78 bits per heavy atom. The van der Waals surface area contributed by atoms with Gasteiger partial charge in [-0.15, -0.1) is 0 Å². The van der Waals surface area contributed by atoms with Crippen molar-refractivity contribution in [3.05, 3.63) is 59.2 Å². The zero-order valence-electron chi connectivity index (χ0n) is 15.1. The summed E-state index contributed by atoms with van der Waals surface area (Å²) in [7, 11) is 0. The summed E-state index contributed by atoms with van der Waals surface area (Å²) in [5, 5.41) is 8.24. The van der Waals surface area contributed by atoms with Crippen LogP contribution < -0.4 is 16.0 Å². The van der Waals surface area contributed by atoms with E-state index in [0.717, 1.165) is 30.5 Å². The number of aryl methyl sites for hydroxylation is 1. The third-order valence-corrected chi connectivity index (χ3v) is 4.49. The van der Waals surface area contributed by atoms with Crippen LogP contribution in [0.25, 0.3) is 0 Å². The van der Waals surface area contributed by atoms with Gasteiger partial charge in [0.05, 0.1) is 6.04 Å². The Morgan fingerprint density at radius 1 is 1.04 bits per heavy atom. The molecule has 27 heavy (non-hydrogen) atoms. The van der Waals surface area contributed by atoms with Crippen LogP contribution in [0.1, 0.15) is 36.9 Å². The van der Waals surface area contributed by atoms with Crippen LogP contribution in [-0.2, 0) is 4.79 Å². The monoisotopic (exact) mass is 373 g/mol. The number of nitrogens with one attached hydrogen (secondary N) is 3. The summed E-state index contributed by atoms with van der Waals surface area (Å²) >= 11 is 0. The Balaban J connectivity index is 1.64. The predicted octanol–water partition coefficient (Wildman–Crippen LogP) is 4.50. The summed E-state index contributed by atoms with van der Waals surface area (Å²) in [6.45, 7) is 3.51. The Hall–Kier alpha value is -2.96. The second-order valence-electron chi connectivity index (χ2n) is 6.79. The SMILES string of the molecule is Cc1ccc(NC(=O)C2CC2)cc1NC(=O)N[C@@H](C)c1ccc(F)c(F)c1. The number of rotatable bonds is 5. The molecule has 0 aromatic heterocycles. The lowest BCUT2D eigenvalue weighted by Gasteiger charge is -2.17. The van der Waals surface area contributed by atoms with Crippen LogP contribution in [-0.4, -0.2) is 11.9 Å². The highest BCUT2D eigenvalue weighted by Gasteiger charge is 2.29. The summed E-state index contributed by atoms with van der Waals surface area (Å²) in [6.07, 6.45) is 1.82. The molecule has 3 amide bonds. The van der Waals surface area contributed by atoms with Gasteiger partial charge in [0.2, 0.25) is 5.91 Å². The largest absolute Gasteiger partial charge is 0.331 e. The molecule has 0 saturated heterocycles. The van der Waals surface area contributed by atoms with E-state index >= 15 is 0 Å². The van der Waals surface area contributed by atoms with E-state index in [0.29, 0.717) is 16.9 Å². The Morgan fingerprint density at radius 3 is 2.44 bits per heavy atom. The number of carbonyl (C=O) groups is 2. The average Bonchev–Trinajstić information content (AvgIpc) is 3.45. The number of urea groups is 1. The summed E-state index contributed by atoms with van der Waals surface area (Å²) in [5.74, 6) is -1.82. The van der Waals surface area contributed by atoms with Crippen molar-refractivity contribution in [2.24, 2.45) is 5.92 Å². The van der Waals surface area contributed by atoms with Crippen molar-refractivity contribution >= 4 is 23.3 Å². The Bertz CT molecular complexity index is 882. The maximum absolute atomic E-state index is 13.3. The molecule has 3 N–H and O–H groups in total. The van der Waals surface area contributed by atoms with Crippen LogP contribution in [0.3, 0.4) is 0 Å². The number of hydrogen-bond donors (Lipinski definition) is 3. The van der Waals surface area contributed by atoms with E-state index in [2.05, 4.69) is 16.0 Å². The van der Waals surface area contributed by atoms with Crippen LogP contribution >= 0.6 is 0 Å². The van der Waals surface area contributed by atoms with Gasteiger partial charge in [0.15, 0.2) is 11.6 Å². The summed E-state index contributed by atoms with van der Waals surface area (Å²) < 4.78 is 26.4. The number of halogens is 2. The molecule has 0 aliphatic heterocycles. The molecular formula is C20H21F2N3O2. The molecule has 0 bridgehead atoms. The van der Waals surface area contributed by atoms with Crippen LogP contribution in [0.4, 0.5) is 25.0 Å². The minimum atomic E-state index is -0.962. The highest BCUT2D eigenvalue weighted by atomic mass is 19.2. The molecule has 1 aliphatic rings. The van der Waals surface area contributed by atoms with Crippen molar-refractivity contribution in [2.45, 2.75) is 32.7 Å². The topological polar surface area (TPSA) is 70.2 Å². The van der Waals surface area contributed by atoms with Gasteiger partial charge in [0, 0.05) is 17.3 Å². The lowest BCUT2D eigenvalue weighted by atomic mass is 10.1. The molecule has 142 valence electrons. The molecule has 5 nitrogen and oxygen atoms in total. The highest BCUT2D eigenvalue weighted by molar-refractivity contribution is 5.96. The van der Waals surface area contributed by atoms with Crippen molar-refractivity contribution in [3.63, 3.8) is 0 Å². The van der Waals surface area contributed by atoms with Gasteiger partial charge in [-0.05, 0) is 62.1 Å². The summed E-state index contributed by atoms with van der Waals surface area (Å²) in [6, 6.07) is 7.77. The first-order chi connectivity index (χ1) is 12.8. The molecule has 0 unspecified atom stereocenters. The Labute approximate surface area is 156 Å². The lowest BCUT2D eigenvalue weighted by Crippen LogP contribution is -2.31. The van der Waals surface area contributed by atoms with Crippen LogP contribution in [0.2, 0.25) is 0 Å². The van der Waals surface area contributed by atoms with Crippen molar-refractivity contribution in [2.75, 3.05) is 10.6 Å². The average molecular weight is 373 g/mol. The fraction of sp³-hybridized carbons (Fsp3) is 0.300. The Kier molecular flexibility index (Phi) is 5.39. The second-order valence-corrected chi connectivity index (χ2v) is 6.79. The number of anilines is 2. The first kappa shape index (κ1) is 18.8. The van der Waals surface area contributed by atoms with Gasteiger partial charge in [-0.2, -0.15) is 0 Å². The van der Waals surface area contributed by atoms with Crippen molar-refractivity contribution in [3.8, 4) is 0 Å². The molecule has 1 saturated carbocycles. The molecule has 0 heterocycles. The zero-order chi connectivity index (χ0) is 19.6. The molecule has 1 fully saturated rings. The first-order valence-electron chi connectivity index (χ1n) is 8.77. The summed E-state index contributed by atoms with van der Waals surface area (Å²) in [5.41, 5.74) is 2.45. The standard InChI is InChI=1S/C20H21F2N3O2/c1-11-3-7-15(24-19(26)13-4-5-13)10-18(11)25-20(27)23-12(2)14-6-8-16(21)17(22)9-14/h3,6-10,12-13H,4-5H2,1-2H3,(H,24,26)(H2,23,25,27)/t12-/m0/s1. The molecule has 0 spiro atoms. The molecule has 1 atom stereocenters. The van der Waals surface area contributed by atoms with Gasteiger partial charge >= 0.3 is 6.03 Å². The molecule has 2 aromatic carbocycles. The van der Waals surface area contributed by atoms with Gasteiger partial charge in [0.1, 0.15) is 0 Å². The fourth-order valence-corrected chi connectivity index (χ4v) is 2.64. The number of amides is 3. The quantitative estimate of drug-likeness (QED) is 0.722. The van der Waals surface area contributed by atoms with E-state index in [1.807, 2.05) is 6.92 Å². The van der Waals surface area contributed by atoms with Gasteiger partial charge in [-0.1, -0.05) is 12.1 Å². The van der Waals surface area contributed by atoms with Gasteiger partial charge in [0.25, 0.3) is 0 Å². The van der Waals surface area contributed by atoms with Crippen molar-refractivity contribution in [1.29, 1.82) is 0 Å². The molecule has 7 heteroatoms. The number of carbonyl (C=O) groups excluding carboxylic acids is 2. The molecular weight excluding hydrogens is 352 g/mol. The van der Waals surface area contributed by atoms with Gasteiger partial charge < -0.3 is 16.0 Å². The van der Waals surface area contributed by atoms with Crippen LogP contribution in [0, 0.1) is 24.5 Å². The van der Waals surface area contributed by atoms with E-state index in [4.69, 9.17) is 0 Å². The molecule has 2 aromatic rings. The van der Waals surface area contributed by atoms with Crippen LogP contribution in [0.5, 0.6) is 0 Å². The maximum atomic E-state index is 13.3. The minimum absolute atomic E-state index is 0.0128. The highest BCUT2D eigenvalue weighted by Crippen LogP contribution is 2.30. The fourth-order valence-electron chi connectivity index (χ4n) is 2.64. The third-order valence-electron chi connectivity index (χ3n) is 4.49. The van der Waals surface area contributed by atoms with Crippen molar-refractivity contribution < 1.29 is 18.4 Å². The lowest BCUT2D eigenvalue weighted by molar-refractivity contribution is -0.117. The number of benzene rings is 2. The van der Waals surface area contributed by atoms with Crippen LogP contribution in [0.15, 0.2) is 36.4 Å². The molecule has 1 aliphatic carbocycles. The third kappa shape index (κ3) is 4.81. The normalized spacial score (nSPS) is 14.4. The van der Waals surface area contributed by atoms with E-state index in [-0.39, 0.29) is 11.8 Å². The maximum Gasteiger partial charge on any atom is 0.319 e. The van der Waals surface area contributed by atoms with E-state index in [9.17, 15) is 18.4 Å². The second kappa shape index (κ2) is 7.73. The first-order valence-corrected chi connectivity index (χ1v) is 8.77. The smallest absolute Gasteiger partial charge is 0.319 e. The van der Waals surface area contributed by atoms with Crippen molar-refractivity contribution in [1.82, 2.24) is 5.32 Å².